The molecule has 9 unspecified atom stereocenters. The Labute approximate surface area is 240 Å². The number of aryl methyl sites for hydroxylation is 1. The van der Waals surface area contributed by atoms with E-state index in [2.05, 4.69) is 6.92 Å². The first kappa shape index (κ1) is 32.1. The number of Topliss-reactive ketones (excluding diaryl/α,β-unsaturated/α-hetero) is 1. The highest BCUT2D eigenvalue weighted by Crippen LogP contribution is 2.52. The predicted octanol–water partition coefficient (Wildman–Crippen LogP) is 6.80. The molecular weight excluding hydrogens is 508 g/mol. The molecule has 0 radical (unpaired) electrons. The number of hydrogen-bond donors (Lipinski definition) is 0. The molecule has 0 amide bonds. The Morgan fingerprint density at radius 2 is 1.60 bits per heavy atom. The van der Waals surface area contributed by atoms with Gasteiger partial charge in [0.15, 0.2) is 11.2 Å². The van der Waals surface area contributed by atoms with Gasteiger partial charge in [0.05, 0.1) is 23.9 Å². The monoisotopic (exact) mass is 558 g/mol. The molecule has 224 valence electrons. The van der Waals surface area contributed by atoms with Crippen LogP contribution in [0.25, 0.3) is 0 Å². The van der Waals surface area contributed by atoms with Crippen LogP contribution in [0.1, 0.15) is 111 Å². The molecule has 0 saturated carbocycles. The molecule has 0 aliphatic carbocycles. The maximum absolute atomic E-state index is 13.7. The Morgan fingerprint density at radius 3 is 2.15 bits per heavy atom. The summed E-state index contributed by atoms with van der Waals surface area (Å²) in [5.41, 5.74) is 1.75. The second-order valence-electron chi connectivity index (χ2n) is 12.3. The average Bonchev–Trinajstić information content (AvgIpc) is 2.95. The highest BCUT2D eigenvalue weighted by molar-refractivity contribution is 5.98. The van der Waals surface area contributed by atoms with Gasteiger partial charge >= 0.3 is 5.97 Å². The highest BCUT2D eigenvalue weighted by atomic mass is 16.7. The van der Waals surface area contributed by atoms with Crippen LogP contribution in [0.15, 0.2) is 20.5 Å². The van der Waals surface area contributed by atoms with Crippen LogP contribution in [-0.4, -0.2) is 29.7 Å². The van der Waals surface area contributed by atoms with Gasteiger partial charge in [-0.05, 0) is 40.5 Å². The van der Waals surface area contributed by atoms with Gasteiger partial charge in [-0.2, -0.15) is 0 Å². The van der Waals surface area contributed by atoms with Crippen molar-refractivity contribution in [1.82, 2.24) is 0 Å². The van der Waals surface area contributed by atoms with E-state index in [0.29, 0.717) is 46.8 Å². The van der Waals surface area contributed by atoms with Crippen molar-refractivity contribution in [1.29, 1.82) is 0 Å². The van der Waals surface area contributed by atoms with Crippen LogP contribution < -0.4 is 5.43 Å². The molecule has 1 aromatic heterocycles. The minimum atomic E-state index is -1.34. The summed E-state index contributed by atoms with van der Waals surface area (Å²) < 4.78 is 26.4. The van der Waals surface area contributed by atoms with Gasteiger partial charge in [0.25, 0.3) is 0 Å². The zero-order valence-corrected chi connectivity index (χ0v) is 26.6. The highest BCUT2D eigenvalue weighted by Gasteiger charge is 2.62. The maximum atomic E-state index is 13.7. The van der Waals surface area contributed by atoms with Crippen LogP contribution in [0.3, 0.4) is 0 Å². The predicted molar refractivity (Wildman–Crippen MR) is 155 cm³/mol. The molecule has 0 N–H and O–H groups in total. The van der Waals surface area contributed by atoms with Gasteiger partial charge in [0.1, 0.15) is 23.4 Å². The van der Waals surface area contributed by atoms with E-state index in [1.807, 2.05) is 62.3 Å². The quantitative estimate of drug-likeness (QED) is 0.324. The number of hydrogen-bond acceptors (Lipinski definition) is 7. The Kier molecular flexibility index (Phi) is 9.81. The number of rotatable bonds is 8. The molecule has 7 heteroatoms. The normalized spacial score (nSPS) is 31.1. The second kappa shape index (κ2) is 12.2. The van der Waals surface area contributed by atoms with Gasteiger partial charge in [-0.15, -0.1) is 0 Å². The van der Waals surface area contributed by atoms with Gasteiger partial charge in [0, 0.05) is 40.9 Å². The first-order valence-corrected chi connectivity index (χ1v) is 15.1. The summed E-state index contributed by atoms with van der Waals surface area (Å²) in [4.78, 5) is 40.0. The summed E-state index contributed by atoms with van der Waals surface area (Å²) >= 11 is 0. The molecule has 2 aliphatic heterocycles. The van der Waals surface area contributed by atoms with Gasteiger partial charge < -0.3 is 18.6 Å². The Balaban J connectivity index is 2.20. The van der Waals surface area contributed by atoms with Crippen LogP contribution in [0.2, 0.25) is 0 Å². The van der Waals surface area contributed by atoms with Crippen molar-refractivity contribution in [2.24, 2.45) is 29.6 Å². The second-order valence-corrected chi connectivity index (χ2v) is 12.3. The standard InChI is InChI=1S/C33H50O7/c1-13-16(4)28-20(8)27(35)23(11)33(39-28)24(12)31(38-32(36)17(5)14-2)22(10)30(40-33)21(9)29-19(7)26(34)18(6)25(15-3)37-29/h16-17,21-24,30-31H,13-15H2,1-12H3. The number of carbonyl (C=O) groups is 2. The fraction of sp³-hybridized carbons (Fsp3) is 0.727. The van der Waals surface area contributed by atoms with Crippen LogP contribution in [0.5, 0.6) is 0 Å². The van der Waals surface area contributed by atoms with E-state index in [1.54, 1.807) is 13.8 Å². The summed E-state index contributed by atoms with van der Waals surface area (Å²) in [6.45, 7) is 23.1. The molecule has 1 fully saturated rings. The van der Waals surface area contributed by atoms with Crippen molar-refractivity contribution in [3.63, 3.8) is 0 Å². The lowest BCUT2D eigenvalue weighted by atomic mass is 9.70. The molecule has 0 bridgehead atoms. The topological polar surface area (TPSA) is 92.0 Å². The smallest absolute Gasteiger partial charge is 0.308 e. The molecular formula is C33H50O7. The number of esters is 1. The van der Waals surface area contributed by atoms with Crippen LogP contribution in [-0.2, 0) is 30.2 Å². The number of allylic oxidation sites excluding steroid dienone is 2. The van der Waals surface area contributed by atoms with E-state index >= 15 is 0 Å². The Morgan fingerprint density at radius 1 is 0.975 bits per heavy atom. The van der Waals surface area contributed by atoms with Crippen molar-refractivity contribution in [3.8, 4) is 0 Å². The van der Waals surface area contributed by atoms with Crippen LogP contribution >= 0.6 is 0 Å². The minimum absolute atomic E-state index is 0.0185. The molecule has 9 atom stereocenters. The number of ether oxygens (including phenoxy) is 3. The van der Waals surface area contributed by atoms with Gasteiger partial charge in [-0.3, -0.25) is 14.4 Å². The maximum Gasteiger partial charge on any atom is 0.308 e. The minimum Gasteiger partial charge on any atom is -0.465 e. The lowest BCUT2D eigenvalue weighted by Crippen LogP contribution is -2.65. The summed E-state index contributed by atoms with van der Waals surface area (Å²) in [6.07, 6.45) is 0.934. The summed E-state index contributed by atoms with van der Waals surface area (Å²) in [6, 6.07) is 0. The zero-order chi connectivity index (χ0) is 30.3. The zero-order valence-electron chi connectivity index (χ0n) is 26.6. The van der Waals surface area contributed by atoms with Gasteiger partial charge in [0.2, 0.25) is 5.79 Å². The summed E-state index contributed by atoms with van der Waals surface area (Å²) in [5, 5.41) is 0. The van der Waals surface area contributed by atoms with Crippen LogP contribution in [0, 0.1) is 43.4 Å². The van der Waals surface area contributed by atoms with Gasteiger partial charge in [-0.25, -0.2) is 0 Å². The molecule has 2 aliphatic rings. The number of carbonyl (C=O) groups excluding carboxylic acids is 2. The molecule has 7 nitrogen and oxygen atoms in total. The molecule has 3 heterocycles. The van der Waals surface area contributed by atoms with Crippen molar-refractivity contribution >= 4 is 11.8 Å². The first-order valence-electron chi connectivity index (χ1n) is 15.1. The molecule has 1 saturated heterocycles. The van der Waals surface area contributed by atoms with Crippen molar-refractivity contribution in [3.05, 3.63) is 44.2 Å². The largest absolute Gasteiger partial charge is 0.465 e. The Hall–Kier alpha value is -2.41. The van der Waals surface area contributed by atoms with E-state index in [9.17, 15) is 14.4 Å². The molecule has 40 heavy (non-hydrogen) atoms. The lowest BCUT2D eigenvalue weighted by Gasteiger charge is -2.56. The van der Waals surface area contributed by atoms with E-state index in [1.165, 1.54) is 0 Å². The Bertz CT molecular complexity index is 1210. The van der Waals surface area contributed by atoms with Crippen LogP contribution in [0.4, 0.5) is 0 Å². The molecule has 3 rings (SSSR count). The molecule has 1 aromatic rings. The SMILES string of the molecule is CCc1oc(C(C)C2OC3(OC(C(C)CC)=C(C)C(=O)C3C)C(C)C(OC(=O)C(C)CC)C2C)c(C)c(=O)c1C. The van der Waals surface area contributed by atoms with E-state index in [4.69, 9.17) is 18.6 Å². The fourth-order valence-electron chi connectivity index (χ4n) is 6.44. The van der Waals surface area contributed by atoms with E-state index < -0.39 is 29.8 Å². The molecule has 1 spiro atoms. The van der Waals surface area contributed by atoms with E-state index in [0.717, 1.165) is 6.42 Å². The lowest BCUT2D eigenvalue weighted by molar-refractivity contribution is -0.347. The average molecular weight is 559 g/mol. The van der Waals surface area contributed by atoms with Gasteiger partial charge in [-0.1, -0.05) is 55.4 Å². The third kappa shape index (κ3) is 5.31. The fourth-order valence-corrected chi connectivity index (χ4v) is 6.44. The first-order chi connectivity index (χ1) is 18.7. The van der Waals surface area contributed by atoms with Crippen molar-refractivity contribution in [2.75, 3.05) is 0 Å². The third-order valence-electron chi connectivity index (χ3n) is 9.75. The van der Waals surface area contributed by atoms with Crippen molar-refractivity contribution in [2.45, 2.75) is 126 Å². The third-order valence-corrected chi connectivity index (χ3v) is 9.75. The summed E-state index contributed by atoms with van der Waals surface area (Å²) in [7, 11) is 0. The summed E-state index contributed by atoms with van der Waals surface area (Å²) in [5.74, 6) is -1.71. The van der Waals surface area contributed by atoms with Crippen molar-refractivity contribution < 1.29 is 28.2 Å². The molecule has 0 aromatic carbocycles. The van der Waals surface area contributed by atoms with E-state index in [-0.39, 0.29) is 40.9 Å². The number of ketones is 1.